The molecule has 22 rings (SSSR count). The van der Waals surface area contributed by atoms with Crippen LogP contribution in [-0.4, -0.2) is 57.6 Å². The van der Waals surface area contributed by atoms with Crippen LogP contribution in [0, 0.1) is 201 Å². The van der Waals surface area contributed by atoms with Gasteiger partial charge in [0, 0.05) is 21.0 Å². The second kappa shape index (κ2) is 19.0. The van der Waals surface area contributed by atoms with Crippen molar-refractivity contribution in [1.29, 1.82) is 0 Å². The van der Waals surface area contributed by atoms with Crippen molar-refractivity contribution in [3.63, 3.8) is 0 Å². The molecule has 13 aliphatic carbocycles. The van der Waals surface area contributed by atoms with Gasteiger partial charge in [-0.25, -0.2) is 0 Å². The Morgan fingerprint density at radius 2 is 0.785 bits per heavy atom. The molecule has 0 aromatic rings. The van der Waals surface area contributed by atoms with Crippen molar-refractivity contribution >= 4 is 23.5 Å². The fourth-order valence-electron chi connectivity index (χ4n) is 31.0. The van der Waals surface area contributed by atoms with E-state index in [1.807, 2.05) is 0 Å². The van der Waals surface area contributed by atoms with Crippen LogP contribution in [0.25, 0.3) is 0 Å². The number of fused-ring (bicyclic) bond motifs is 50. The molecule has 22 fully saturated rings. The van der Waals surface area contributed by atoms with Crippen LogP contribution in [0.3, 0.4) is 0 Å². The van der Waals surface area contributed by atoms with Crippen molar-refractivity contribution in [1.82, 2.24) is 0 Å². The number of thioether (sulfide) groups is 2. The Hall–Kier alpha value is 0.580. The molecule has 0 aromatic heterocycles. The summed E-state index contributed by atoms with van der Waals surface area (Å²) in [5, 5.41) is 4.31. The molecule has 9 saturated heterocycles. The summed E-state index contributed by atoms with van der Waals surface area (Å²) in [4.78, 5) is 0. The van der Waals surface area contributed by atoms with Gasteiger partial charge in [0.1, 0.15) is 0 Å². The van der Waals surface area contributed by atoms with Gasteiger partial charge >= 0.3 is 0 Å². The molecule has 13 saturated carbocycles. The first kappa shape index (κ1) is 52.7. The van der Waals surface area contributed by atoms with E-state index in [0.29, 0.717) is 36.6 Å². The van der Waals surface area contributed by atoms with E-state index in [4.69, 9.17) is 14.2 Å². The first-order valence-electron chi connectivity index (χ1n) is 36.5. The largest absolute Gasteiger partial charge is 0.375 e. The van der Waals surface area contributed by atoms with E-state index in [-0.39, 0.29) is 0 Å². The van der Waals surface area contributed by atoms with Crippen LogP contribution in [0.2, 0.25) is 0 Å². The van der Waals surface area contributed by atoms with Gasteiger partial charge in [0.05, 0.1) is 36.6 Å². The third kappa shape index (κ3) is 7.58. The Kier molecular flexibility index (Phi) is 12.7. The predicted octanol–water partition coefficient (Wildman–Crippen LogP) is 17.4. The fraction of sp³-hybridized carbons (Fsp3) is 1.00. The Bertz CT molecular complexity index is 2230. The molecular weight excluding hydrogens is 1000 g/mol. The smallest absolute Gasteiger partial charge is 0.0640 e. The minimum absolute atomic E-state index is 0.527. The van der Waals surface area contributed by atoms with Crippen LogP contribution in [-0.2, 0) is 14.2 Å². The van der Waals surface area contributed by atoms with Crippen LogP contribution in [0.4, 0.5) is 0 Å². The van der Waals surface area contributed by atoms with Gasteiger partial charge < -0.3 is 14.2 Å². The summed E-state index contributed by atoms with van der Waals surface area (Å²) >= 11 is 4.78. The highest BCUT2D eigenvalue weighted by molar-refractivity contribution is 8.01. The van der Waals surface area contributed by atoms with Gasteiger partial charge in [0.2, 0.25) is 0 Å². The van der Waals surface area contributed by atoms with Crippen LogP contribution in [0.15, 0.2) is 0 Å². The summed E-state index contributed by atoms with van der Waals surface area (Å²) in [6, 6.07) is 0. The van der Waals surface area contributed by atoms with Crippen molar-refractivity contribution in [2.45, 2.75) is 255 Å². The monoisotopic (exact) mass is 1110 g/mol. The Morgan fingerprint density at radius 3 is 1.49 bits per heavy atom. The molecule has 9 aliphatic heterocycles. The van der Waals surface area contributed by atoms with E-state index >= 15 is 0 Å². The van der Waals surface area contributed by atoms with E-state index in [0.717, 1.165) is 181 Å². The second-order valence-electron chi connectivity index (χ2n) is 36.2. The van der Waals surface area contributed by atoms with E-state index in [9.17, 15) is 0 Å². The first-order valence-corrected chi connectivity index (χ1v) is 38.4. The highest BCUT2D eigenvalue weighted by atomic mass is 32.2. The van der Waals surface area contributed by atoms with Gasteiger partial charge in [-0.1, -0.05) is 62.3 Å². The summed E-state index contributed by atoms with van der Waals surface area (Å²) in [5.74, 6) is 36.6. The number of hydrogen-bond acceptors (Lipinski definition) is 5. The minimum atomic E-state index is 0.527. The molecule has 22 aliphatic rings. The van der Waals surface area contributed by atoms with Gasteiger partial charge in [-0.3, -0.25) is 0 Å². The third-order valence-electron chi connectivity index (χ3n) is 32.6. The number of hydrogen-bond donors (Lipinski definition) is 0. The predicted molar refractivity (Wildman–Crippen MR) is 324 cm³/mol. The van der Waals surface area contributed by atoms with Crippen molar-refractivity contribution in [3.05, 3.63) is 0 Å². The molecule has 0 spiro atoms. The molecular formula is C74H114O3S2. The zero-order chi connectivity index (χ0) is 53.1. The highest BCUT2D eigenvalue weighted by Crippen LogP contribution is 2.80. The lowest BCUT2D eigenvalue weighted by atomic mass is 9.56. The summed E-state index contributed by atoms with van der Waals surface area (Å²) in [6.07, 6.45) is 34.0. The van der Waals surface area contributed by atoms with Crippen molar-refractivity contribution in [2.75, 3.05) is 0 Å². The Labute approximate surface area is 491 Å². The van der Waals surface area contributed by atoms with Gasteiger partial charge in [-0.05, 0) is 337 Å². The van der Waals surface area contributed by atoms with Crippen LogP contribution < -0.4 is 0 Å². The lowest BCUT2D eigenvalue weighted by Gasteiger charge is -2.47. The molecule has 440 valence electrons. The van der Waals surface area contributed by atoms with Gasteiger partial charge in [0.15, 0.2) is 0 Å². The topological polar surface area (TPSA) is 27.7 Å². The molecule has 5 heteroatoms. The maximum absolute atomic E-state index is 6.50. The average Bonchev–Trinajstić information content (AvgIpc) is 3.15. The van der Waals surface area contributed by atoms with Crippen LogP contribution >= 0.6 is 23.5 Å². The molecule has 0 radical (unpaired) electrons. The van der Waals surface area contributed by atoms with E-state index in [1.165, 1.54) is 99.2 Å². The van der Waals surface area contributed by atoms with Gasteiger partial charge in [-0.2, -0.15) is 23.5 Å². The van der Waals surface area contributed by atoms with Gasteiger partial charge in [0.25, 0.3) is 0 Å². The molecule has 44 atom stereocenters. The maximum atomic E-state index is 6.50. The standard InChI is InChI=1S/C21H30O.C18H26S.C13H20O.C11H20O.C11H18S/c1-8-3-10-11(4-8)13-6-12(10)17-14-7-15(18(13)17)20-19(14)16-5-9(2)21(20)22-16;1-7-3-9-5-10(7)15-12-6-11(14(9)15)17-16(12)13-4-8(2)18(17)19-13;1-6-3-8-5-9(6)12-10-4-7(2)13(14-10)11(8)12;1-8-3-6-11-10(7-8)5-4-9(2)12-11;1-6-3-8-9(4-6)11-7(2)5-10(8)12-11/h8-21H,3-7H2,1-2H3;7-18H,3-6H2,1-2H3;6-13H,3-5H2,1-2H3;8-11H,3-7H2,1-2H3;6-11H,3-5H2,1-2H3. The molecule has 9 heterocycles. The molecule has 0 amide bonds. The van der Waals surface area contributed by atoms with Crippen molar-refractivity contribution in [2.24, 2.45) is 201 Å². The summed E-state index contributed by atoms with van der Waals surface area (Å²) in [6.45, 7) is 24.5. The maximum Gasteiger partial charge on any atom is 0.0640 e. The normalized spacial score (nSPS) is 68.1. The zero-order valence-corrected chi connectivity index (χ0v) is 53.2. The van der Waals surface area contributed by atoms with Crippen molar-refractivity contribution in [3.8, 4) is 0 Å². The van der Waals surface area contributed by atoms with Crippen LogP contribution in [0.5, 0.6) is 0 Å². The molecule has 3 nitrogen and oxygen atoms in total. The first-order chi connectivity index (χ1) is 38.2. The average molecular weight is 1120 g/mol. The van der Waals surface area contributed by atoms with E-state index in [1.54, 1.807) is 70.6 Å². The molecule has 44 unspecified atom stereocenters. The summed E-state index contributed by atoms with van der Waals surface area (Å²) in [5.41, 5.74) is 0. The molecule has 79 heavy (non-hydrogen) atoms. The Morgan fingerprint density at radius 1 is 0.253 bits per heavy atom. The summed E-state index contributed by atoms with van der Waals surface area (Å²) in [7, 11) is 0. The molecule has 0 N–H and O–H groups in total. The fourth-order valence-corrected chi connectivity index (χ4v) is 35.5. The van der Waals surface area contributed by atoms with Crippen LogP contribution in [0.1, 0.15) is 198 Å². The Balaban J connectivity index is 0.0000000786. The SMILES string of the molecule is CC1CC2C(C1)C1CC2C2C3CC(C12)C1C2OC(CC2C)C31.CC1CC2C3CC(C)C(S3)C2C1.CC1CC2CC1C1C3CC(C)C(O3)C21.CC1CC2CC1C1C3CC(C21)C1C2SC(CC2C)C31.CC1CCC2OC(C)CCC2C1. The second-order valence-corrected chi connectivity index (χ2v) is 39.0. The van der Waals surface area contributed by atoms with Gasteiger partial charge in [-0.15, -0.1) is 0 Å². The third-order valence-corrected chi connectivity index (χ3v) is 36.5. The quantitative estimate of drug-likeness (QED) is 0.225. The molecule has 18 bridgehead atoms. The highest BCUT2D eigenvalue weighted by Gasteiger charge is 2.76. The summed E-state index contributed by atoms with van der Waals surface area (Å²) < 4.78 is 18.6. The minimum Gasteiger partial charge on any atom is -0.375 e. The number of ether oxygens (including phenoxy) is 3. The molecule has 0 aromatic carbocycles. The number of rotatable bonds is 0. The van der Waals surface area contributed by atoms with E-state index < -0.39 is 0 Å². The van der Waals surface area contributed by atoms with E-state index in [2.05, 4.69) is 92.8 Å². The lowest BCUT2D eigenvalue weighted by Crippen LogP contribution is -2.47. The zero-order valence-electron chi connectivity index (χ0n) is 51.6. The lowest BCUT2D eigenvalue weighted by molar-refractivity contribution is -0.0977. The van der Waals surface area contributed by atoms with Crippen molar-refractivity contribution < 1.29 is 14.2 Å².